The van der Waals surface area contributed by atoms with Crippen molar-refractivity contribution in [2.75, 3.05) is 31.1 Å². The van der Waals surface area contributed by atoms with E-state index >= 15 is 0 Å². The molecule has 0 spiro atoms. The molecule has 5 nitrogen and oxygen atoms in total. The Morgan fingerprint density at radius 3 is 2.59 bits per heavy atom. The van der Waals surface area contributed by atoms with Crippen LogP contribution in [-0.2, 0) is 20.0 Å². The van der Waals surface area contributed by atoms with Gasteiger partial charge in [0.25, 0.3) is 0 Å². The molecule has 1 aromatic carbocycles. The van der Waals surface area contributed by atoms with Crippen molar-refractivity contribution in [3.63, 3.8) is 0 Å². The predicted octanol–water partition coefficient (Wildman–Crippen LogP) is 3.39. The molecule has 2 unspecified atom stereocenters. The summed E-state index contributed by atoms with van der Waals surface area (Å²) >= 11 is 0. The van der Waals surface area contributed by atoms with Crippen molar-refractivity contribution in [1.82, 2.24) is 19.4 Å². The van der Waals surface area contributed by atoms with Gasteiger partial charge in [-0.25, -0.2) is 9.97 Å². The zero-order valence-electron chi connectivity index (χ0n) is 17.1. The van der Waals surface area contributed by atoms with Crippen LogP contribution in [0, 0.1) is 11.3 Å². The van der Waals surface area contributed by atoms with E-state index in [9.17, 15) is 0 Å². The van der Waals surface area contributed by atoms with E-state index < -0.39 is 0 Å². The number of imidazole rings is 1. The first-order valence-corrected chi connectivity index (χ1v) is 10.6. The van der Waals surface area contributed by atoms with Gasteiger partial charge in [-0.15, -0.1) is 0 Å². The molecule has 2 fully saturated rings. The first kappa shape index (κ1) is 18.4. The van der Waals surface area contributed by atoms with Crippen molar-refractivity contribution >= 4 is 5.82 Å². The molecule has 4 heterocycles. The number of pyridine rings is 1. The zero-order chi connectivity index (χ0) is 19.7. The van der Waals surface area contributed by atoms with Crippen molar-refractivity contribution in [3.05, 3.63) is 78.5 Å². The van der Waals surface area contributed by atoms with E-state index in [0.717, 1.165) is 50.8 Å². The van der Waals surface area contributed by atoms with Crippen molar-refractivity contribution in [3.8, 4) is 0 Å². The second-order valence-corrected chi connectivity index (χ2v) is 8.74. The highest BCUT2D eigenvalue weighted by molar-refractivity contribution is 5.41. The second kappa shape index (κ2) is 7.64. The fourth-order valence-electron chi connectivity index (χ4n) is 5.27. The Morgan fingerprint density at radius 1 is 0.966 bits per heavy atom. The molecule has 5 heteroatoms. The highest BCUT2D eigenvalue weighted by Crippen LogP contribution is 2.47. The largest absolute Gasteiger partial charge is 0.356 e. The third kappa shape index (κ3) is 3.67. The van der Waals surface area contributed by atoms with Crippen molar-refractivity contribution in [2.45, 2.75) is 19.4 Å². The highest BCUT2D eigenvalue weighted by atomic mass is 15.3. The summed E-state index contributed by atoms with van der Waals surface area (Å²) in [5.41, 5.74) is 1.76. The summed E-state index contributed by atoms with van der Waals surface area (Å²) in [6.45, 7) is 5.42. The molecule has 2 aliphatic heterocycles. The first-order chi connectivity index (χ1) is 14.2. The lowest BCUT2D eigenvalue weighted by Crippen LogP contribution is -2.35. The van der Waals surface area contributed by atoms with E-state index in [1.807, 2.05) is 24.7 Å². The average molecular weight is 388 g/mol. The number of hydrogen-bond donors (Lipinski definition) is 0. The predicted molar refractivity (Wildman–Crippen MR) is 116 cm³/mol. The molecule has 150 valence electrons. The standard InChI is InChI=1S/C24H29N5/c1-27-14-13-26-23(27)17-28-15-21-16-29(22-9-5-6-12-25-22)19-24(21,18-28)11-10-20-7-3-2-4-8-20/h2-9,12-14,21H,10-11,15-19H2,1H3. The van der Waals surface area contributed by atoms with Gasteiger partial charge in [-0.3, -0.25) is 4.90 Å². The summed E-state index contributed by atoms with van der Waals surface area (Å²) < 4.78 is 2.14. The molecule has 29 heavy (non-hydrogen) atoms. The van der Waals surface area contributed by atoms with Crippen LogP contribution in [0.25, 0.3) is 0 Å². The summed E-state index contributed by atoms with van der Waals surface area (Å²) in [6.07, 6.45) is 8.22. The topological polar surface area (TPSA) is 37.2 Å². The molecule has 3 aromatic rings. The Kier molecular flexibility index (Phi) is 4.84. The molecule has 0 aliphatic carbocycles. The van der Waals surface area contributed by atoms with Crippen LogP contribution in [0.2, 0.25) is 0 Å². The van der Waals surface area contributed by atoms with Crippen LogP contribution in [0.1, 0.15) is 17.8 Å². The molecule has 0 saturated carbocycles. The normalized spacial score (nSPS) is 24.2. The fourth-order valence-corrected chi connectivity index (χ4v) is 5.27. The van der Waals surface area contributed by atoms with Gasteiger partial charge in [0.1, 0.15) is 11.6 Å². The number of aromatic nitrogens is 3. The van der Waals surface area contributed by atoms with Crippen LogP contribution in [0.15, 0.2) is 67.1 Å². The van der Waals surface area contributed by atoms with Gasteiger partial charge < -0.3 is 9.47 Å². The maximum atomic E-state index is 4.63. The Morgan fingerprint density at radius 2 is 1.83 bits per heavy atom. The van der Waals surface area contributed by atoms with Crippen LogP contribution in [0.4, 0.5) is 5.82 Å². The van der Waals surface area contributed by atoms with Crippen LogP contribution in [0.3, 0.4) is 0 Å². The quantitative estimate of drug-likeness (QED) is 0.650. The van der Waals surface area contributed by atoms with Gasteiger partial charge in [-0.1, -0.05) is 36.4 Å². The number of hydrogen-bond acceptors (Lipinski definition) is 4. The lowest BCUT2D eigenvalue weighted by atomic mass is 9.76. The van der Waals surface area contributed by atoms with Gasteiger partial charge in [0.15, 0.2) is 0 Å². The number of nitrogens with zero attached hydrogens (tertiary/aromatic N) is 5. The Hall–Kier alpha value is -2.66. The number of benzene rings is 1. The number of rotatable bonds is 6. The molecule has 0 N–H and O–H groups in total. The third-order valence-corrected chi connectivity index (χ3v) is 6.84. The van der Waals surface area contributed by atoms with E-state index in [4.69, 9.17) is 0 Å². The molecule has 0 amide bonds. The summed E-state index contributed by atoms with van der Waals surface area (Å²) in [5.74, 6) is 2.95. The Balaban J connectivity index is 1.35. The molecule has 5 rings (SSSR count). The molecule has 2 aromatic heterocycles. The molecule has 2 atom stereocenters. The maximum absolute atomic E-state index is 4.63. The van der Waals surface area contributed by atoms with Gasteiger partial charge in [0.2, 0.25) is 0 Å². The van der Waals surface area contributed by atoms with E-state index in [2.05, 4.69) is 73.8 Å². The summed E-state index contributed by atoms with van der Waals surface area (Å²) in [6, 6.07) is 17.2. The third-order valence-electron chi connectivity index (χ3n) is 6.84. The summed E-state index contributed by atoms with van der Waals surface area (Å²) in [4.78, 5) is 14.3. The minimum atomic E-state index is 0.318. The second-order valence-electron chi connectivity index (χ2n) is 8.74. The molecule has 2 aliphatic rings. The SMILES string of the molecule is Cn1ccnc1CN1CC2CN(c3ccccn3)CC2(CCc2ccccc2)C1. The summed E-state index contributed by atoms with van der Waals surface area (Å²) in [7, 11) is 2.09. The van der Waals surface area contributed by atoms with Crippen LogP contribution >= 0.6 is 0 Å². The van der Waals surface area contributed by atoms with E-state index in [0.29, 0.717) is 11.3 Å². The molecule has 0 bridgehead atoms. The molecular weight excluding hydrogens is 358 g/mol. The summed E-state index contributed by atoms with van der Waals surface area (Å²) in [5, 5.41) is 0. The Labute approximate surface area is 173 Å². The van der Waals surface area contributed by atoms with Gasteiger partial charge in [-0.05, 0) is 36.5 Å². The fraction of sp³-hybridized carbons (Fsp3) is 0.417. The van der Waals surface area contributed by atoms with Crippen LogP contribution in [0.5, 0.6) is 0 Å². The van der Waals surface area contributed by atoms with Gasteiger partial charge >= 0.3 is 0 Å². The number of fused-ring (bicyclic) bond motifs is 1. The Bertz CT molecular complexity index is 938. The van der Waals surface area contributed by atoms with Crippen LogP contribution < -0.4 is 4.90 Å². The minimum absolute atomic E-state index is 0.318. The number of likely N-dealkylation sites (tertiary alicyclic amines) is 1. The number of anilines is 1. The van der Waals surface area contributed by atoms with E-state index in [-0.39, 0.29) is 0 Å². The smallest absolute Gasteiger partial charge is 0.128 e. The maximum Gasteiger partial charge on any atom is 0.128 e. The monoisotopic (exact) mass is 387 g/mol. The molecule has 2 saturated heterocycles. The van der Waals surface area contributed by atoms with Gasteiger partial charge in [0.05, 0.1) is 6.54 Å². The average Bonchev–Trinajstić information content (AvgIpc) is 3.41. The van der Waals surface area contributed by atoms with Gasteiger partial charge in [0, 0.05) is 57.2 Å². The highest BCUT2D eigenvalue weighted by Gasteiger charge is 2.52. The first-order valence-electron chi connectivity index (χ1n) is 10.6. The lowest BCUT2D eigenvalue weighted by Gasteiger charge is -2.30. The van der Waals surface area contributed by atoms with Crippen molar-refractivity contribution < 1.29 is 0 Å². The number of aryl methyl sites for hydroxylation is 2. The van der Waals surface area contributed by atoms with E-state index in [1.54, 1.807) is 0 Å². The zero-order valence-corrected chi connectivity index (χ0v) is 17.1. The van der Waals surface area contributed by atoms with E-state index in [1.165, 1.54) is 12.0 Å². The minimum Gasteiger partial charge on any atom is -0.356 e. The van der Waals surface area contributed by atoms with Crippen molar-refractivity contribution in [2.24, 2.45) is 18.4 Å². The molecule has 0 radical (unpaired) electrons. The van der Waals surface area contributed by atoms with Crippen LogP contribution in [-0.4, -0.2) is 45.6 Å². The molecular formula is C24H29N5. The lowest BCUT2D eigenvalue weighted by molar-refractivity contribution is 0.237. The van der Waals surface area contributed by atoms with Crippen molar-refractivity contribution in [1.29, 1.82) is 0 Å². The van der Waals surface area contributed by atoms with Gasteiger partial charge in [-0.2, -0.15) is 0 Å².